The molecule has 6 nitrogen and oxygen atoms in total. The van der Waals surface area contributed by atoms with Crippen molar-refractivity contribution in [2.24, 2.45) is 13.0 Å². The maximum atomic E-state index is 12.8. The second-order valence-corrected chi connectivity index (χ2v) is 6.66. The molecule has 0 spiro atoms. The maximum absolute atomic E-state index is 12.8. The van der Waals surface area contributed by atoms with Crippen LogP contribution in [0.4, 0.5) is 5.69 Å². The van der Waals surface area contributed by atoms with E-state index in [1.165, 1.54) is 0 Å². The molecule has 1 aromatic carbocycles. The molecule has 1 amide bonds. The molecule has 1 unspecified atom stereocenters. The number of anilines is 1. The zero-order valence-corrected chi connectivity index (χ0v) is 14.4. The van der Waals surface area contributed by atoms with E-state index < -0.39 is 5.97 Å². The lowest BCUT2D eigenvalue weighted by Crippen LogP contribution is -2.40. The van der Waals surface area contributed by atoms with Gasteiger partial charge in [-0.1, -0.05) is 18.2 Å². The summed E-state index contributed by atoms with van der Waals surface area (Å²) in [5, 5.41) is 13.1. The number of amides is 1. The van der Waals surface area contributed by atoms with Gasteiger partial charge in [-0.3, -0.25) is 14.3 Å². The second-order valence-electron chi connectivity index (χ2n) is 6.66. The number of fused-ring (bicyclic) bond motifs is 1. The topological polar surface area (TPSA) is 75.4 Å². The van der Waals surface area contributed by atoms with Gasteiger partial charge in [0.2, 0.25) is 5.91 Å². The third kappa shape index (κ3) is 4.26. The van der Waals surface area contributed by atoms with Crippen molar-refractivity contribution in [3.05, 3.63) is 47.8 Å². The van der Waals surface area contributed by atoms with Crippen molar-refractivity contribution in [1.29, 1.82) is 0 Å². The van der Waals surface area contributed by atoms with E-state index in [9.17, 15) is 9.59 Å². The number of aryl methyl sites for hydroxylation is 2. The number of carbonyl (C=O) groups is 2. The molecule has 0 bridgehead atoms. The van der Waals surface area contributed by atoms with E-state index in [0.29, 0.717) is 25.8 Å². The Hall–Kier alpha value is -2.63. The monoisotopic (exact) mass is 341 g/mol. The first-order chi connectivity index (χ1) is 12.0. The molecule has 3 rings (SSSR count). The van der Waals surface area contributed by atoms with E-state index in [0.717, 1.165) is 23.2 Å². The molecule has 1 aliphatic heterocycles. The lowest BCUT2D eigenvalue weighted by Gasteiger charge is -2.34. The fourth-order valence-corrected chi connectivity index (χ4v) is 3.42. The number of nitrogens with zero attached hydrogens (tertiary/aromatic N) is 3. The first-order valence-electron chi connectivity index (χ1n) is 8.60. The van der Waals surface area contributed by atoms with Crippen LogP contribution in [0, 0.1) is 5.92 Å². The summed E-state index contributed by atoms with van der Waals surface area (Å²) < 4.78 is 1.73. The summed E-state index contributed by atoms with van der Waals surface area (Å²) in [6.07, 6.45) is 6.35. The molecule has 0 radical (unpaired) electrons. The molecule has 0 aliphatic carbocycles. The minimum atomic E-state index is -0.784. The highest BCUT2D eigenvalue weighted by Gasteiger charge is 2.28. The minimum absolute atomic E-state index is 0.0799. The number of benzene rings is 1. The van der Waals surface area contributed by atoms with Crippen molar-refractivity contribution >= 4 is 17.6 Å². The van der Waals surface area contributed by atoms with Gasteiger partial charge in [-0.15, -0.1) is 0 Å². The van der Waals surface area contributed by atoms with Gasteiger partial charge in [0, 0.05) is 38.3 Å². The highest BCUT2D eigenvalue weighted by Crippen LogP contribution is 2.32. The fraction of sp³-hybridized carbons (Fsp3) is 0.421. The molecule has 2 aromatic rings. The van der Waals surface area contributed by atoms with Crippen molar-refractivity contribution in [3.8, 4) is 0 Å². The van der Waals surface area contributed by atoms with Gasteiger partial charge in [-0.25, -0.2) is 0 Å². The average molecular weight is 341 g/mol. The van der Waals surface area contributed by atoms with Crippen molar-refractivity contribution < 1.29 is 14.7 Å². The largest absolute Gasteiger partial charge is 0.481 e. The first kappa shape index (κ1) is 17.2. The number of carboxylic acids is 1. The summed E-state index contributed by atoms with van der Waals surface area (Å²) in [4.78, 5) is 25.5. The Labute approximate surface area is 147 Å². The highest BCUT2D eigenvalue weighted by molar-refractivity contribution is 5.94. The first-order valence-corrected chi connectivity index (χ1v) is 8.60. The summed E-state index contributed by atoms with van der Waals surface area (Å²) in [5.41, 5.74) is 3.13. The number of carbonyl (C=O) groups excluding carboxylic acids is 1. The lowest BCUT2D eigenvalue weighted by molar-refractivity contribution is -0.137. The molecule has 0 saturated carbocycles. The van der Waals surface area contributed by atoms with Gasteiger partial charge in [-0.2, -0.15) is 5.10 Å². The Morgan fingerprint density at radius 2 is 2.08 bits per heavy atom. The maximum Gasteiger partial charge on any atom is 0.303 e. The fourth-order valence-electron chi connectivity index (χ4n) is 3.42. The molecule has 1 atom stereocenters. The Morgan fingerprint density at radius 1 is 1.28 bits per heavy atom. The van der Waals surface area contributed by atoms with E-state index in [4.69, 9.17) is 5.11 Å². The summed E-state index contributed by atoms with van der Waals surface area (Å²) in [7, 11) is 1.86. The number of carboxylic acid groups (broad SMARTS) is 1. The summed E-state index contributed by atoms with van der Waals surface area (Å²) >= 11 is 0. The third-order valence-electron chi connectivity index (χ3n) is 4.69. The predicted molar refractivity (Wildman–Crippen MR) is 94.4 cm³/mol. The Morgan fingerprint density at radius 3 is 2.80 bits per heavy atom. The lowest BCUT2D eigenvalue weighted by atomic mass is 9.89. The van der Waals surface area contributed by atoms with Crippen LogP contribution in [0.3, 0.4) is 0 Å². The Bertz CT molecular complexity index is 769. The van der Waals surface area contributed by atoms with Gasteiger partial charge in [-0.05, 0) is 42.4 Å². The number of aromatic nitrogens is 2. The third-order valence-corrected chi connectivity index (χ3v) is 4.69. The molecule has 132 valence electrons. The standard InChI is InChI=1S/C19H23N3O3/c1-21-12-15(11-20-21)6-8-18(23)22-13-14(7-9-19(24)25)10-16-4-2-3-5-17(16)22/h2-5,11-12,14H,6-10,13H2,1H3,(H,24,25). The van der Waals surface area contributed by atoms with Gasteiger partial charge in [0.25, 0.3) is 0 Å². The predicted octanol–water partition coefficient (Wildman–Crippen LogP) is 2.42. The zero-order chi connectivity index (χ0) is 17.8. The SMILES string of the molecule is Cn1cc(CCC(=O)N2CC(CCC(=O)O)Cc3ccccc32)cn1. The van der Waals surface area contributed by atoms with Crippen LogP contribution < -0.4 is 4.90 Å². The van der Waals surface area contributed by atoms with E-state index >= 15 is 0 Å². The summed E-state index contributed by atoms with van der Waals surface area (Å²) in [6.45, 7) is 0.593. The van der Waals surface area contributed by atoms with Crippen LogP contribution in [0.15, 0.2) is 36.7 Å². The van der Waals surface area contributed by atoms with Gasteiger partial charge < -0.3 is 10.0 Å². The minimum Gasteiger partial charge on any atom is -0.481 e. The summed E-state index contributed by atoms with van der Waals surface area (Å²) in [5.74, 6) is -0.516. The normalized spacial score (nSPS) is 16.5. The Balaban J connectivity index is 1.71. The smallest absolute Gasteiger partial charge is 0.303 e. The van der Waals surface area contributed by atoms with E-state index in [1.54, 1.807) is 10.9 Å². The van der Waals surface area contributed by atoms with E-state index in [-0.39, 0.29) is 18.2 Å². The molecule has 1 N–H and O–H groups in total. The average Bonchev–Trinajstić information content (AvgIpc) is 3.02. The van der Waals surface area contributed by atoms with Crippen LogP contribution in [0.25, 0.3) is 0 Å². The number of aliphatic carboxylic acids is 1. The zero-order valence-electron chi connectivity index (χ0n) is 14.4. The van der Waals surface area contributed by atoms with Gasteiger partial charge >= 0.3 is 5.97 Å². The molecule has 25 heavy (non-hydrogen) atoms. The molecule has 2 heterocycles. The van der Waals surface area contributed by atoms with Crippen LogP contribution >= 0.6 is 0 Å². The highest BCUT2D eigenvalue weighted by atomic mass is 16.4. The van der Waals surface area contributed by atoms with Crippen molar-refractivity contribution in [1.82, 2.24) is 9.78 Å². The van der Waals surface area contributed by atoms with E-state index in [2.05, 4.69) is 5.10 Å². The number of hydrogen-bond donors (Lipinski definition) is 1. The van der Waals surface area contributed by atoms with Gasteiger partial charge in [0.05, 0.1) is 6.20 Å². The molecule has 0 saturated heterocycles. The van der Waals surface area contributed by atoms with Crippen LogP contribution in [0.2, 0.25) is 0 Å². The molecule has 1 aliphatic rings. The molecule has 6 heteroatoms. The molecule has 0 fully saturated rings. The van der Waals surface area contributed by atoms with E-state index in [1.807, 2.05) is 42.4 Å². The molecular formula is C19H23N3O3. The molecule has 1 aromatic heterocycles. The second kappa shape index (κ2) is 7.51. The van der Waals surface area contributed by atoms with Gasteiger partial charge in [0.1, 0.15) is 0 Å². The van der Waals surface area contributed by atoms with Crippen molar-refractivity contribution in [2.45, 2.75) is 32.1 Å². The van der Waals surface area contributed by atoms with Crippen LogP contribution in [0.5, 0.6) is 0 Å². The van der Waals surface area contributed by atoms with Gasteiger partial charge in [0.15, 0.2) is 0 Å². The van der Waals surface area contributed by atoms with Crippen LogP contribution in [-0.4, -0.2) is 33.3 Å². The number of para-hydroxylation sites is 1. The van der Waals surface area contributed by atoms with Crippen LogP contribution in [-0.2, 0) is 29.5 Å². The molecular weight excluding hydrogens is 318 g/mol. The summed E-state index contributed by atoms with van der Waals surface area (Å²) in [6, 6.07) is 7.92. The number of hydrogen-bond acceptors (Lipinski definition) is 3. The number of rotatable bonds is 6. The van der Waals surface area contributed by atoms with Crippen LogP contribution in [0.1, 0.15) is 30.4 Å². The quantitative estimate of drug-likeness (QED) is 0.875. The Kier molecular flexibility index (Phi) is 5.16. The van der Waals surface area contributed by atoms with Crippen molar-refractivity contribution in [3.63, 3.8) is 0 Å². The van der Waals surface area contributed by atoms with Crippen molar-refractivity contribution in [2.75, 3.05) is 11.4 Å².